The molecule has 0 saturated carbocycles. The molecule has 0 radical (unpaired) electrons. The first-order valence-electron chi connectivity index (χ1n) is 4.82. The van der Waals surface area contributed by atoms with E-state index in [2.05, 4.69) is 20.8 Å². The van der Waals surface area contributed by atoms with Crippen molar-refractivity contribution in [3.8, 4) is 0 Å². The first kappa shape index (κ1) is 11.9. The van der Waals surface area contributed by atoms with Crippen molar-refractivity contribution < 1.29 is 10.2 Å². The summed E-state index contributed by atoms with van der Waals surface area (Å²) in [5.41, 5.74) is -0.233. The van der Waals surface area contributed by atoms with E-state index in [9.17, 15) is 10.2 Å². The molecule has 0 fully saturated rings. The molecule has 0 bridgehead atoms. The minimum Gasteiger partial charge on any atom is -0.396 e. The second-order valence-corrected chi connectivity index (χ2v) is 4.16. The largest absolute Gasteiger partial charge is 0.396 e. The average molecular weight is 174 g/mol. The molecule has 2 nitrogen and oxygen atoms in total. The summed E-state index contributed by atoms with van der Waals surface area (Å²) in [5.74, 6) is 0.538. The van der Waals surface area contributed by atoms with Crippen molar-refractivity contribution in [1.82, 2.24) is 0 Å². The first-order chi connectivity index (χ1) is 5.60. The van der Waals surface area contributed by atoms with Gasteiger partial charge in [0.15, 0.2) is 0 Å². The van der Waals surface area contributed by atoms with E-state index < -0.39 is 0 Å². The van der Waals surface area contributed by atoms with Gasteiger partial charge in [0.25, 0.3) is 0 Å². The Labute approximate surface area is 75.6 Å². The molecule has 2 N–H and O–H groups in total. The molecule has 0 heterocycles. The van der Waals surface area contributed by atoms with E-state index in [0.29, 0.717) is 5.92 Å². The third-order valence-electron chi connectivity index (χ3n) is 2.29. The molecule has 0 aliphatic carbocycles. The van der Waals surface area contributed by atoms with Gasteiger partial charge in [-0.3, -0.25) is 0 Å². The number of hydrogen-bond acceptors (Lipinski definition) is 2. The highest BCUT2D eigenvalue weighted by atomic mass is 16.3. The van der Waals surface area contributed by atoms with E-state index in [1.807, 2.05) is 0 Å². The highest BCUT2D eigenvalue weighted by Gasteiger charge is 2.28. The second-order valence-electron chi connectivity index (χ2n) is 4.16. The van der Waals surface area contributed by atoms with Crippen LogP contribution in [0.25, 0.3) is 0 Å². The molecule has 2 heteroatoms. The van der Waals surface area contributed by atoms with Crippen LogP contribution >= 0.6 is 0 Å². The minimum atomic E-state index is -0.233. The lowest BCUT2D eigenvalue weighted by Crippen LogP contribution is -2.31. The number of aliphatic hydroxyl groups is 2. The van der Waals surface area contributed by atoms with E-state index >= 15 is 0 Å². The first-order valence-corrected chi connectivity index (χ1v) is 4.82. The van der Waals surface area contributed by atoms with Crippen LogP contribution in [0.15, 0.2) is 0 Å². The standard InChI is InChI=1S/C10H22O2/c1-4-5-10(7-11,8-12)6-9(2)3/h9,11-12H,4-8H2,1-3H3. The Morgan fingerprint density at radius 2 is 1.67 bits per heavy atom. The maximum absolute atomic E-state index is 9.20. The van der Waals surface area contributed by atoms with E-state index in [1.54, 1.807) is 0 Å². The Hall–Kier alpha value is -0.0800. The van der Waals surface area contributed by atoms with E-state index in [0.717, 1.165) is 19.3 Å². The molecule has 0 spiro atoms. The lowest BCUT2D eigenvalue weighted by Gasteiger charge is -2.31. The van der Waals surface area contributed by atoms with Crippen LogP contribution in [0.3, 0.4) is 0 Å². The Morgan fingerprint density at radius 3 is 1.92 bits per heavy atom. The fraction of sp³-hybridized carbons (Fsp3) is 1.00. The van der Waals surface area contributed by atoms with Crippen LogP contribution in [0, 0.1) is 11.3 Å². The lowest BCUT2D eigenvalue weighted by atomic mass is 9.78. The van der Waals surface area contributed by atoms with Crippen LogP contribution in [0.5, 0.6) is 0 Å². The predicted molar refractivity (Wildman–Crippen MR) is 51.0 cm³/mol. The zero-order chi connectivity index (χ0) is 9.61. The van der Waals surface area contributed by atoms with E-state index in [4.69, 9.17) is 0 Å². The molecule has 0 atom stereocenters. The third kappa shape index (κ3) is 3.55. The SMILES string of the molecule is CCCC(CO)(CO)CC(C)C. The minimum absolute atomic E-state index is 0.107. The van der Waals surface area contributed by atoms with Gasteiger partial charge in [-0.1, -0.05) is 27.2 Å². The van der Waals surface area contributed by atoms with Crippen LogP contribution in [0.2, 0.25) is 0 Å². The number of hydrogen-bond donors (Lipinski definition) is 2. The highest BCUT2D eigenvalue weighted by molar-refractivity contribution is 4.78. The summed E-state index contributed by atoms with van der Waals surface area (Å²) in [4.78, 5) is 0. The van der Waals surface area contributed by atoms with Crippen molar-refractivity contribution in [2.45, 2.75) is 40.0 Å². The maximum atomic E-state index is 9.20. The molecule has 0 saturated heterocycles. The summed E-state index contributed by atoms with van der Waals surface area (Å²) >= 11 is 0. The molecular formula is C10H22O2. The van der Waals surface area contributed by atoms with Gasteiger partial charge in [0.1, 0.15) is 0 Å². The van der Waals surface area contributed by atoms with Gasteiger partial charge in [-0.15, -0.1) is 0 Å². The summed E-state index contributed by atoms with van der Waals surface area (Å²) in [6, 6.07) is 0. The molecule has 74 valence electrons. The fourth-order valence-electron chi connectivity index (χ4n) is 1.84. The molecular weight excluding hydrogens is 152 g/mol. The summed E-state index contributed by atoms with van der Waals surface area (Å²) in [6.07, 6.45) is 2.85. The lowest BCUT2D eigenvalue weighted by molar-refractivity contribution is 0.0290. The average Bonchev–Trinajstić information content (AvgIpc) is 2.03. The Morgan fingerprint density at radius 1 is 1.17 bits per heavy atom. The molecule has 0 aromatic heterocycles. The maximum Gasteiger partial charge on any atom is 0.0509 e. The highest BCUT2D eigenvalue weighted by Crippen LogP contribution is 2.30. The van der Waals surface area contributed by atoms with E-state index in [1.165, 1.54) is 0 Å². The predicted octanol–water partition coefficient (Wildman–Crippen LogP) is 1.80. The van der Waals surface area contributed by atoms with Gasteiger partial charge in [0.05, 0.1) is 13.2 Å². The normalized spacial score (nSPS) is 12.5. The molecule has 0 aliphatic rings. The zero-order valence-electron chi connectivity index (χ0n) is 8.51. The zero-order valence-corrected chi connectivity index (χ0v) is 8.51. The molecule has 0 amide bonds. The fourth-order valence-corrected chi connectivity index (χ4v) is 1.84. The molecule has 0 aliphatic heterocycles. The molecule has 12 heavy (non-hydrogen) atoms. The van der Waals surface area contributed by atoms with Crippen LogP contribution in [0.4, 0.5) is 0 Å². The topological polar surface area (TPSA) is 40.5 Å². The van der Waals surface area contributed by atoms with Gasteiger partial charge in [0, 0.05) is 5.41 Å². The van der Waals surface area contributed by atoms with Gasteiger partial charge in [-0.2, -0.15) is 0 Å². The van der Waals surface area contributed by atoms with Crippen molar-refractivity contribution >= 4 is 0 Å². The van der Waals surface area contributed by atoms with Gasteiger partial charge in [-0.05, 0) is 18.8 Å². The van der Waals surface area contributed by atoms with Crippen LogP contribution in [-0.2, 0) is 0 Å². The Kier molecular flexibility index (Phi) is 5.51. The van der Waals surface area contributed by atoms with Gasteiger partial charge < -0.3 is 10.2 Å². The van der Waals surface area contributed by atoms with E-state index in [-0.39, 0.29) is 18.6 Å². The summed E-state index contributed by atoms with van der Waals surface area (Å²) < 4.78 is 0. The van der Waals surface area contributed by atoms with Crippen LogP contribution in [-0.4, -0.2) is 23.4 Å². The smallest absolute Gasteiger partial charge is 0.0509 e. The van der Waals surface area contributed by atoms with Gasteiger partial charge >= 0.3 is 0 Å². The van der Waals surface area contributed by atoms with Crippen LogP contribution in [0.1, 0.15) is 40.0 Å². The number of rotatable bonds is 6. The summed E-state index contributed by atoms with van der Waals surface area (Å²) in [6.45, 7) is 6.54. The summed E-state index contributed by atoms with van der Waals surface area (Å²) in [7, 11) is 0. The summed E-state index contributed by atoms with van der Waals surface area (Å²) in [5, 5.41) is 18.4. The Bertz CT molecular complexity index is 106. The van der Waals surface area contributed by atoms with Crippen molar-refractivity contribution in [3.63, 3.8) is 0 Å². The Balaban J connectivity index is 4.13. The van der Waals surface area contributed by atoms with Gasteiger partial charge in [-0.25, -0.2) is 0 Å². The number of aliphatic hydroxyl groups excluding tert-OH is 2. The monoisotopic (exact) mass is 174 g/mol. The van der Waals surface area contributed by atoms with Crippen molar-refractivity contribution in [1.29, 1.82) is 0 Å². The quantitative estimate of drug-likeness (QED) is 0.644. The van der Waals surface area contributed by atoms with Gasteiger partial charge in [0.2, 0.25) is 0 Å². The van der Waals surface area contributed by atoms with Crippen molar-refractivity contribution in [2.24, 2.45) is 11.3 Å². The molecule has 0 aromatic rings. The molecule has 0 aromatic carbocycles. The van der Waals surface area contributed by atoms with Crippen molar-refractivity contribution in [3.05, 3.63) is 0 Å². The van der Waals surface area contributed by atoms with Crippen molar-refractivity contribution in [2.75, 3.05) is 13.2 Å². The molecule has 0 rings (SSSR count). The van der Waals surface area contributed by atoms with Crippen LogP contribution < -0.4 is 0 Å². The third-order valence-corrected chi connectivity index (χ3v) is 2.29. The second kappa shape index (κ2) is 5.55. The molecule has 0 unspecified atom stereocenters.